The number of rotatable bonds is 0. The minimum atomic E-state index is 0. The van der Waals surface area contributed by atoms with Crippen molar-refractivity contribution in [1.82, 2.24) is 4.98 Å². The predicted octanol–water partition coefficient (Wildman–Crippen LogP) is 3.45. The van der Waals surface area contributed by atoms with Crippen molar-refractivity contribution >= 4 is 0 Å². The summed E-state index contributed by atoms with van der Waals surface area (Å²) >= 11 is 0. The van der Waals surface area contributed by atoms with Crippen molar-refractivity contribution in [3.8, 4) is 11.8 Å². The predicted molar refractivity (Wildman–Crippen MR) is 75.2 cm³/mol. The van der Waals surface area contributed by atoms with Gasteiger partial charge >= 0.3 is 0 Å². The summed E-state index contributed by atoms with van der Waals surface area (Å²) in [6, 6.07) is 5.71. The van der Waals surface area contributed by atoms with E-state index in [2.05, 4.69) is 16.8 Å². The van der Waals surface area contributed by atoms with Crippen molar-refractivity contribution in [1.29, 1.82) is 0 Å². The normalized spacial score (nSPS) is 13.8. The smallest absolute Gasteiger partial charge is 0.113 e. The summed E-state index contributed by atoms with van der Waals surface area (Å²) < 4.78 is 0. The summed E-state index contributed by atoms with van der Waals surface area (Å²) in [6.07, 6.45) is 19.7. The molecular formula is C17H13FeN. The molecule has 0 unspecified atom stereocenters. The third-order valence-electron chi connectivity index (χ3n) is 2.22. The Kier molecular flexibility index (Phi) is 7.35. The second kappa shape index (κ2) is 9.16. The van der Waals surface area contributed by atoms with Gasteiger partial charge in [0.1, 0.15) is 5.69 Å². The summed E-state index contributed by atoms with van der Waals surface area (Å²) in [7, 11) is 0. The first kappa shape index (κ1) is 15.2. The van der Waals surface area contributed by atoms with Gasteiger partial charge in [-0.2, -0.15) is 0 Å². The van der Waals surface area contributed by atoms with Crippen molar-refractivity contribution in [3.05, 3.63) is 91.0 Å². The minimum absolute atomic E-state index is 0. The van der Waals surface area contributed by atoms with E-state index in [1.807, 2.05) is 73.6 Å². The molecule has 1 heterocycles. The Bertz CT molecular complexity index is 544. The van der Waals surface area contributed by atoms with Crippen LogP contribution < -0.4 is 0 Å². The first-order chi connectivity index (χ1) is 8.95. The Morgan fingerprint density at radius 3 is 2.21 bits per heavy atom. The third kappa shape index (κ3) is 6.06. The van der Waals surface area contributed by atoms with E-state index in [1.54, 1.807) is 6.20 Å². The molecule has 0 saturated heterocycles. The van der Waals surface area contributed by atoms with Crippen molar-refractivity contribution in [2.45, 2.75) is 0 Å². The summed E-state index contributed by atoms with van der Waals surface area (Å²) in [5.74, 6) is 6.01. The monoisotopic (exact) mass is 287 g/mol. The molecule has 1 nitrogen and oxygen atoms in total. The molecule has 0 aliphatic heterocycles. The second-order valence-electron chi connectivity index (χ2n) is 3.60. The minimum Gasteiger partial charge on any atom is -0.248 e. The van der Waals surface area contributed by atoms with E-state index in [0.717, 1.165) is 11.3 Å². The molecule has 0 aromatic carbocycles. The molecule has 94 valence electrons. The zero-order valence-corrected chi connectivity index (χ0v) is 11.4. The van der Waals surface area contributed by atoms with Gasteiger partial charge in [-0.15, -0.1) is 0 Å². The van der Waals surface area contributed by atoms with Crippen LogP contribution in [0.25, 0.3) is 0 Å². The first-order valence-electron chi connectivity index (χ1n) is 5.76. The van der Waals surface area contributed by atoms with E-state index < -0.39 is 0 Å². The number of hydrogen-bond donors (Lipinski definition) is 0. The summed E-state index contributed by atoms with van der Waals surface area (Å²) in [5.41, 5.74) is 1.84. The molecule has 2 aliphatic carbocycles. The van der Waals surface area contributed by atoms with Gasteiger partial charge in [0.25, 0.3) is 0 Å². The largest absolute Gasteiger partial charge is 0.248 e. The van der Waals surface area contributed by atoms with Crippen molar-refractivity contribution in [3.63, 3.8) is 0 Å². The van der Waals surface area contributed by atoms with Gasteiger partial charge in [-0.1, -0.05) is 54.5 Å². The molecule has 2 aliphatic rings. The molecule has 0 saturated carbocycles. The van der Waals surface area contributed by atoms with Crippen LogP contribution in [0.15, 0.2) is 72.5 Å². The topological polar surface area (TPSA) is 12.9 Å². The van der Waals surface area contributed by atoms with E-state index in [-0.39, 0.29) is 17.1 Å². The molecule has 0 amide bonds. The zero-order chi connectivity index (χ0) is 12.5. The van der Waals surface area contributed by atoms with Gasteiger partial charge in [0, 0.05) is 41.7 Å². The van der Waals surface area contributed by atoms with Gasteiger partial charge in [-0.25, -0.2) is 4.98 Å². The number of nitrogens with zero attached hydrogens (tertiary/aromatic N) is 1. The van der Waals surface area contributed by atoms with Gasteiger partial charge in [-0.3, -0.25) is 0 Å². The van der Waals surface area contributed by atoms with E-state index >= 15 is 0 Å². The molecule has 0 N–H and O–H groups in total. The molecule has 2 heteroatoms. The first-order valence-corrected chi connectivity index (χ1v) is 5.76. The van der Waals surface area contributed by atoms with Gasteiger partial charge in [0.05, 0.1) is 0 Å². The molecule has 2 radical (unpaired) electrons. The number of hydrogen-bond acceptors (Lipinski definition) is 1. The Morgan fingerprint density at radius 1 is 0.842 bits per heavy atom. The maximum absolute atomic E-state index is 4.10. The zero-order valence-electron chi connectivity index (χ0n) is 10.3. The summed E-state index contributed by atoms with van der Waals surface area (Å²) in [4.78, 5) is 4.10. The van der Waals surface area contributed by atoms with Gasteiger partial charge < -0.3 is 0 Å². The van der Waals surface area contributed by atoms with Gasteiger partial charge in [-0.05, 0) is 18.1 Å². The molecule has 19 heavy (non-hydrogen) atoms. The third-order valence-corrected chi connectivity index (χ3v) is 2.22. The van der Waals surface area contributed by atoms with Crippen LogP contribution in [-0.4, -0.2) is 4.98 Å². The van der Waals surface area contributed by atoms with Crippen LogP contribution in [0, 0.1) is 24.7 Å². The molecule has 1 aromatic rings. The van der Waals surface area contributed by atoms with E-state index in [0.29, 0.717) is 0 Å². The van der Waals surface area contributed by atoms with E-state index in [9.17, 15) is 0 Å². The molecular weight excluding hydrogens is 274 g/mol. The van der Waals surface area contributed by atoms with Gasteiger partial charge in [0.15, 0.2) is 0 Å². The van der Waals surface area contributed by atoms with Crippen LogP contribution >= 0.6 is 0 Å². The van der Waals surface area contributed by atoms with Crippen LogP contribution in [0.1, 0.15) is 5.69 Å². The van der Waals surface area contributed by atoms with Crippen molar-refractivity contribution in [2.75, 3.05) is 0 Å². The van der Waals surface area contributed by atoms with Crippen molar-refractivity contribution in [2.24, 2.45) is 0 Å². The molecule has 3 rings (SSSR count). The molecule has 0 bridgehead atoms. The van der Waals surface area contributed by atoms with Crippen LogP contribution in [0.2, 0.25) is 0 Å². The van der Waals surface area contributed by atoms with Crippen LogP contribution in [0.4, 0.5) is 0 Å². The average molecular weight is 287 g/mol. The average Bonchev–Trinajstić information content (AvgIpc) is 3.13. The van der Waals surface area contributed by atoms with Crippen LogP contribution in [-0.2, 0) is 17.1 Å². The summed E-state index contributed by atoms with van der Waals surface area (Å²) in [6.45, 7) is 0. The number of pyridine rings is 1. The Labute approximate surface area is 125 Å². The molecule has 1 aromatic heterocycles. The molecule has 0 spiro atoms. The fourth-order valence-electron chi connectivity index (χ4n) is 1.35. The maximum Gasteiger partial charge on any atom is 0.113 e. The molecule has 0 fully saturated rings. The number of aromatic nitrogens is 1. The SMILES string of the molecule is C(#Cc1ccccn1)C1=C[CH]C=C1.[CH]1C=CC=C1.[Fe]. The second-order valence-corrected chi connectivity index (χ2v) is 3.60. The number of allylic oxidation sites excluding steroid dienone is 8. The summed E-state index contributed by atoms with van der Waals surface area (Å²) in [5, 5.41) is 0. The Hall–Kier alpha value is -1.81. The Morgan fingerprint density at radius 2 is 1.68 bits per heavy atom. The van der Waals surface area contributed by atoms with Crippen LogP contribution in [0.3, 0.4) is 0 Å². The van der Waals surface area contributed by atoms with Crippen LogP contribution in [0.5, 0.6) is 0 Å². The maximum atomic E-state index is 4.10. The Balaban J connectivity index is 0.000000256. The fourth-order valence-corrected chi connectivity index (χ4v) is 1.35. The molecule has 0 atom stereocenters. The van der Waals surface area contributed by atoms with Gasteiger partial charge in [0.2, 0.25) is 0 Å². The standard InChI is InChI=1S/C12H8N.C5H5.Fe/c1-2-6-11(5-1)8-9-12-7-3-4-10-13-12;1-2-4-5-3-1;/h1-7,10H;1-5H;. The van der Waals surface area contributed by atoms with E-state index in [4.69, 9.17) is 0 Å². The quantitative estimate of drug-likeness (QED) is 0.526. The van der Waals surface area contributed by atoms with Crippen molar-refractivity contribution < 1.29 is 17.1 Å². The fraction of sp³-hybridized carbons (Fsp3) is 0. The van der Waals surface area contributed by atoms with E-state index in [1.165, 1.54) is 0 Å².